The number of nitrogens with one attached hydrogen (secondary N) is 1. The second kappa shape index (κ2) is 6.16. The molecule has 0 unspecified atom stereocenters. The van der Waals surface area contributed by atoms with Crippen molar-refractivity contribution in [3.05, 3.63) is 28.8 Å². The fourth-order valence-corrected chi connectivity index (χ4v) is 2.28. The van der Waals surface area contributed by atoms with E-state index in [1.807, 2.05) is 0 Å². The van der Waals surface area contributed by atoms with Crippen molar-refractivity contribution >= 4 is 29.1 Å². The van der Waals surface area contributed by atoms with Crippen LogP contribution in [0.4, 0.5) is 18.9 Å². The normalized spacial score (nSPS) is 14.6. The minimum atomic E-state index is -4.60. The Labute approximate surface area is 130 Å². The van der Waals surface area contributed by atoms with Crippen molar-refractivity contribution in [2.45, 2.75) is 32.0 Å². The van der Waals surface area contributed by atoms with E-state index in [-0.39, 0.29) is 24.2 Å². The third kappa shape index (κ3) is 4.13. The van der Waals surface area contributed by atoms with Gasteiger partial charge in [-0.2, -0.15) is 13.2 Å². The van der Waals surface area contributed by atoms with Crippen LogP contribution in [0.15, 0.2) is 18.2 Å². The smallest absolute Gasteiger partial charge is 0.331 e. The van der Waals surface area contributed by atoms with Crippen molar-refractivity contribution in [2.24, 2.45) is 0 Å². The Morgan fingerprint density at radius 3 is 2.50 bits per heavy atom. The molecule has 1 aliphatic rings. The quantitative estimate of drug-likeness (QED) is 0.918. The molecule has 1 aromatic carbocycles. The van der Waals surface area contributed by atoms with Gasteiger partial charge in [0, 0.05) is 18.7 Å². The summed E-state index contributed by atoms with van der Waals surface area (Å²) in [6.45, 7) is 1.18. The first-order valence-corrected chi connectivity index (χ1v) is 7.00. The maximum absolute atomic E-state index is 12.7. The first-order valence-electron chi connectivity index (χ1n) is 6.62. The van der Waals surface area contributed by atoms with Crippen LogP contribution in [-0.4, -0.2) is 29.3 Å². The van der Waals surface area contributed by atoms with Crippen LogP contribution in [-0.2, 0) is 15.8 Å². The summed E-state index contributed by atoms with van der Waals surface area (Å²) in [7, 11) is 0. The third-order valence-electron chi connectivity index (χ3n) is 3.26. The second-order valence-corrected chi connectivity index (χ2v) is 5.53. The monoisotopic (exact) mass is 334 g/mol. The molecular weight excluding hydrogens is 321 g/mol. The second-order valence-electron chi connectivity index (χ2n) is 5.12. The van der Waals surface area contributed by atoms with Crippen LogP contribution in [0.5, 0.6) is 0 Å². The van der Waals surface area contributed by atoms with Crippen molar-refractivity contribution in [2.75, 3.05) is 11.9 Å². The van der Waals surface area contributed by atoms with Gasteiger partial charge in [0.25, 0.3) is 0 Å². The van der Waals surface area contributed by atoms with E-state index in [1.54, 1.807) is 0 Å². The lowest BCUT2D eigenvalue weighted by atomic mass is 10.2. The predicted molar refractivity (Wildman–Crippen MR) is 75.5 cm³/mol. The van der Waals surface area contributed by atoms with E-state index in [2.05, 4.69) is 5.32 Å². The molecule has 0 atom stereocenters. The van der Waals surface area contributed by atoms with Crippen LogP contribution in [0.2, 0.25) is 5.02 Å². The molecule has 2 amide bonds. The van der Waals surface area contributed by atoms with E-state index in [9.17, 15) is 22.8 Å². The average Bonchev–Trinajstić information content (AvgIpc) is 3.21. The lowest BCUT2D eigenvalue weighted by molar-refractivity contribution is -0.137. The Morgan fingerprint density at radius 1 is 1.36 bits per heavy atom. The molecule has 0 saturated heterocycles. The van der Waals surface area contributed by atoms with E-state index in [0.717, 1.165) is 25.0 Å². The fourth-order valence-electron chi connectivity index (χ4n) is 2.06. The summed E-state index contributed by atoms with van der Waals surface area (Å²) >= 11 is 5.51. The lowest BCUT2D eigenvalue weighted by Crippen LogP contribution is -2.38. The van der Waals surface area contributed by atoms with Crippen LogP contribution in [0.25, 0.3) is 0 Å². The Kier molecular flexibility index (Phi) is 4.65. The number of carbonyl (C=O) groups is 2. The van der Waals surface area contributed by atoms with E-state index < -0.39 is 22.7 Å². The van der Waals surface area contributed by atoms with Gasteiger partial charge in [-0.25, -0.2) is 0 Å². The Hall–Kier alpha value is -1.76. The zero-order chi connectivity index (χ0) is 16.5. The minimum absolute atomic E-state index is 0.0129. The highest BCUT2D eigenvalue weighted by Crippen LogP contribution is 2.36. The summed E-state index contributed by atoms with van der Waals surface area (Å²) in [5, 5.41) is 1.92. The molecule has 22 heavy (non-hydrogen) atoms. The van der Waals surface area contributed by atoms with E-state index >= 15 is 0 Å². The lowest BCUT2D eigenvalue weighted by Gasteiger charge is -2.20. The van der Waals surface area contributed by atoms with E-state index in [1.165, 1.54) is 17.9 Å². The maximum Gasteiger partial charge on any atom is 0.417 e. The largest absolute Gasteiger partial charge is 0.417 e. The van der Waals surface area contributed by atoms with Crippen molar-refractivity contribution in [3.8, 4) is 0 Å². The number of halogens is 4. The predicted octanol–water partition coefficient (Wildman–Crippen LogP) is 3.31. The molecule has 2 rings (SSSR count). The molecule has 1 aromatic rings. The fraction of sp³-hybridized carbons (Fsp3) is 0.429. The minimum Gasteiger partial charge on any atom is -0.331 e. The molecular formula is C14H14ClF3N2O2. The summed E-state index contributed by atoms with van der Waals surface area (Å²) in [4.78, 5) is 24.7. The van der Waals surface area contributed by atoms with Gasteiger partial charge in [0.05, 0.1) is 10.6 Å². The van der Waals surface area contributed by atoms with Crippen molar-refractivity contribution in [1.29, 1.82) is 0 Å². The standard InChI is InChI=1S/C14H14ClF3N2O2/c1-8(21)20(10-3-4-10)7-13(22)19-9-2-5-12(15)11(6-9)14(16,17)18/h2,5-6,10H,3-4,7H2,1H3,(H,19,22). The highest BCUT2D eigenvalue weighted by molar-refractivity contribution is 6.31. The van der Waals surface area contributed by atoms with Gasteiger partial charge in [-0.1, -0.05) is 11.6 Å². The summed E-state index contributed by atoms with van der Waals surface area (Å²) < 4.78 is 38.2. The summed E-state index contributed by atoms with van der Waals surface area (Å²) in [6.07, 6.45) is -2.92. The van der Waals surface area contributed by atoms with Gasteiger partial charge in [0.1, 0.15) is 6.54 Å². The summed E-state index contributed by atoms with van der Waals surface area (Å²) in [5.74, 6) is -0.776. The molecule has 4 nitrogen and oxygen atoms in total. The van der Waals surface area contributed by atoms with Crippen LogP contribution in [0.3, 0.4) is 0 Å². The Morgan fingerprint density at radius 2 is 2.00 bits per heavy atom. The SMILES string of the molecule is CC(=O)N(CC(=O)Nc1ccc(Cl)c(C(F)(F)F)c1)C1CC1. The number of nitrogens with zero attached hydrogens (tertiary/aromatic N) is 1. The molecule has 0 spiro atoms. The molecule has 120 valence electrons. The van der Waals surface area contributed by atoms with Gasteiger partial charge in [-0.3, -0.25) is 9.59 Å². The Bertz CT molecular complexity index is 600. The molecule has 1 saturated carbocycles. The Balaban J connectivity index is 2.07. The number of hydrogen-bond donors (Lipinski definition) is 1. The zero-order valence-corrected chi connectivity index (χ0v) is 12.5. The first kappa shape index (κ1) is 16.6. The van der Waals surface area contributed by atoms with Gasteiger partial charge in [-0.15, -0.1) is 0 Å². The number of benzene rings is 1. The van der Waals surface area contributed by atoms with Gasteiger partial charge in [-0.05, 0) is 31.0 Å². The van der Waals surface area contributed by atoms with Gasteiger partial charge in [0.2, 0.25) is 11.8 Å². The number of rotatable bonds is 4. The number of anilines is 1. The highest BCUT2D eigenvalue weighted by atomic mass is 35.5. The average molecular weight is 335 g/mol. The highest BCUT2D eigenvalue weighted by Gasteiger charge is 2.34. The molecule has 1 fully saturated rings. The van der Waals surface area contributed by atoms with Crippen LogP contribution in [0, 0.1) is 0 Å². The first-order chi connectivity index (χ1) is 10.2. The van der Waals surface area contributed by atoms with E-state index in [0.29, 0.717) is 0 Å². The molecule has 0 radical (unpaired) electrons. The van der Waals surface area contributed by atoms with Crippen LogP contribution < -0.4 is 5.32 Å². The molecule has 0 aromatic heterocycles. The van der Waals surface area contributed by atoms with E-state index in [4.69, 9.17) is 11.6 Å². The third-order valence-corrected chi connectivity index (χ3v) is 3.59. The molecule has 1 N–H and O–H groups in total. The number of hydrogen-bond acceptors (Lipinski definition) is 2. The maximum atomic E-state index is 12.7. The molecule has 0 heterocycles. The zero-order valence-electron chi connectivity index (χ0n) is 11.7. The van der Waals surface area contributed by atoms with Crippen LogP contribution >= 0.6 is 11.6 Å². The molecule has 1 aliphatic carbocycles. The van der Waals surface area contributed by atoms with Crippen molar-refractivity contribution in [1.82, 2.24) is 4.90 Å². The molecule has 8 heteroatoms. The number of amides is 2. The number of carbonyl (C=O) groups excluding carboxylic acids is 2. The van der Waals surface area contributed by atoms with Gasteiger partial charge >= 0.3 is 6.18 Å². The van der Waals surface area contributed by atoms with Crippen molar-refractivity contribution in [3.63, 3.8) is 0 Å². The van der Waals surface area contributed by atoms with Gasteiger partial charge < -0.3 is 10.2 Å². The molecule has 0 bridgehead atoms. The molecule has 0 aliphatic heterocycles. The summed E-state index contributed by atoms with van der Waals surface area (Å²) in [6, 6.07) is 3.18. The van der Waals surface area contributed by atoms with Gasteiger partial charge in [0.15, 0.2) is 0 Å². The number of alkyl halides is 3. The topological polar surface area (TPSA) is 49.4 Å². The van der Waals surface area contributed by atoms with Crippen LogP contribution in [0.1, 0.15) is 25.3 Å². The van der Waals surface area contributed by atoms with Crippen molar-refractivity contribution < 1.29 is 22.8 Å². The summed E-state index contributed by atoms with van der Waals surface area (Å²) in [5.41, 5.74) is -1.03.